The molecule has 0 N–H and O–H groups in total. The van der Waals surface area contributed by atoms with Crippen LogP contribution in [0.3, 0.4) is 0 Å². The first kappa shape index (κ1) is 22.7. The van der Waals surface area contributed by atoms with E-state index in [0.717, 1.165) is 50.1 Å². The molecule has 174 valence electrons. The molecule has 0 spiro atoms. The third-order valence-corrected chi connectivity index (χ3v) is 8.18. The molecule has 3 aliphatic rings. The van der Waals surface area contributed by atoms with Crippen LogP contribution in [0.4, 0.5) is 5.69 Å². The van der Waals surface area contributed by atoms with Gasteiger partial charge in [0.15, 0.2) is 6.61 Å². The van der Waals surface area contributed by atoms with E-state index in [1.165, 1.54) is 10.4 Å². The van der Waals surface area contributed by atoms with Crippen molar-refractivity contribution < 1.29 is 27.5 Å². The number of hydrogen-bond acceptors (Lipinski definition) is 7. The van der Waals surface area contributed by atoms with Crippen LogP contribution < -0.4 is 4.90 Å². The van der Waals surface area contributed by atoms with E-state index in [2.05, 4.69) is 0 Å². The van der Waals surface area contributed by atoms with Crippen LogP contribution >= 0.6 is 0 Å². The fourth-order valence-corrected chi connectivity index (χ4v) is 6.07. The molecule has 1 aromatic carbocycles. The number of sulfonamides is 1. The van der Waals surface area contributed by atoms with Crippen molar-refractivity contribution in [1.82, 2.24) is 9.21 Å². The zero-order chi connectivity index (χ0) is 22.7. The second-order valence-electron chi connectivity index (χ2n) is 8.46. The Morgan fingerprint density at radius 3 is 2.25 bits per heavy atom. The van der Waals surface area contributed by atoms with Crippen LogP contribution in [0.5, 0.6) is 0 Å². The topological polar surface area (TPSA) is 104 Å². The van der Waals surface area contributed by atoms with Crippen molar-refractivity contribution in [3.63, 3.8) is 0 Å². The molecule has 3 heterocycles. The van der Waals surface area contributed by atoms with Gasteiger partial charge in [0.05, 0.1) is 16.1 Å². The van der Waals surface area contributed by atoms with Gasteiger partial charge in [-0.2, -0.15) is 4.31 Å². The predicted octanol–water partition coefficient (Wildman–Crippen LogP) is 1.77. The highest BCUT2D eigenvalue weighted by atomic mass is 32.2. The fourth-order valence-electron chi connectivity index (χ4n) is 4.52. The van der Waals surface area contributed by atoms with Crippen molar-refractivity contribution in [2.24, 2.45) is 0 Å². The van der Waals surface area contributed by atoms with Crippen LogP contribution in [0.25, 0.3) is 0 Å². The van der Waals surface area contributed by atoms with Gasteiger partial charge >= 0.3 is 5.97 Å². The van der Waals surface area contributed by atoms with Crippen LogP contribution in [0.15, 0.2) is 23.1 Å². The molecule has 3 aliphatic heterocycles. The van der Waals surface area contributed by atoms with E-state index >= 15 is 0 Å². The number of nitrogens with zero attached hydrogens (tertiary/aromatic N) is 3. The second kappa shape index (κ2) is 9.58. The Morgan fingerprint density at radius 1 is 0.906 bits per heavy atom. The largest absolute Gasteiger partial charge is 0.452 e. The Kier molecular flexibility index (Phi) is 6.80. The molecule has 32 heavy (non-hydrogen) atoms. The lowest BCUT2D eigenvalue weighted by Crippen LogP contribution is -2.36. The number of carbonyl (C=O) groups excluding carboxylic acids is 3. The van der Waals surface area contributed by atoms with Gasteiger partial charge in [-0.25, -0.2) is 13.2 Å². The van der Waals surface area contributed by atoms with Crippen LogP contribution in [0.1, 0.15) is 55.3 Å². The summed E-state index contributed by atoms with van der Waals surface area (Å²) in [6.07, 6.45) is 5.53. The van der Waals surface area contributed by atoms with Gasteiger partial charge in [0, 0.05) is 39.1 Å². The minimum atomic E-state index is -3.72. The average molecular weight is 464 g/mol. The predicted molar refractivity (Wildman–Crippen MR) is 117 cm³/mol. The summed E-state index contributed by atoms with van der Waals surface area (Å²) in [7, 11) is -3.72. The number of carbonyl (C=O) groups is 3. The first-order valence-electron chi connectivity index (χ1n) is 11.3. The van der Waals surface area contributed by atoms with Crippen molar-refractivity contribution >= 4 is 33.5 Å². The Morgan fingerprint density at radius 2 is 1.59 bits per heavy atom. The third-order valence-electron chi connectivity index (χ3n) is 6.29. The van der Waals surface area contributed by atoms with E-state index in [1.807, 2.05) is 4.90 Å². The van der Waals surface area contributed by atoms with Gasteiger partial charge in [0.25, 0.3) is 5.91 Å². The fraction of sp³-hybridized carbons (Fsp3) is 0.591. The Labute approximate surface area is 188 Å². The minimum absolute atomic E-state index is 0.0512. The highest BCUT2D eigenvalue weighted by molar-refractivity contribution is 7.89. The summed E-state index contributed by atoms with van der Waals surface area (Å²) in [5.74, 6) is -1.58. The molecule has 0 aliphatic carbocycles. The number of benzene rings is 1. The Balaban J connectivity index is 1.57. The van der Waals surface area contributed by atoms with Gasteiger partial charge < -0.3 is 9.64 Å². The number of ether oxygens (including phenoxy) is 1. The first-order chi connectivity index (χ1) is 15.4. The number of hydrogen-bond donors (Lipinski definition) is 0. The summed E-state index contributed by atoms with van der Waals surface area (Å²) >= 11 is 0. The highest BCUT2D eigenvalue weighted by Crippen LogP contribution is 2.30. The summed E-state index contributed by atoms with van der Waals surface area (Å²) in [6.45, 7) is 2.24. The van der Waals surface area contributed by atoms with Crippen molar-refractivity contribution in [3.05, 3.63) is 23.8 Å². The molecule has 3 fully saturated rings. The Bertz CT molecular complexity index is 997. The molecule has 10 heteroatoms. The van der Waals surface area contributed by atoms with Gasteiger partial charge in [-0.15, -0.1) is 0 Å². The molecule has 3 saturated heterocycles. The third kappa shape index (κ3) is 4.66. The van der Waals surface area contributed by atoms with Gasteiger partial charge in [-0.3, -0.25) is 14.5 Å². The van der Waals surface area contributed by atoms with Gasteiger partial charge in [-0.05, 0) is 50.3 Å². The lowest BCUT2D eigenvalue weighted by atomic mass is 10.1. The zero-order valence-corrected chi connectivity index (χ0v) is 18.9. The molecule has 0 saturated carbocycles. The van der Waals surface area contributed by atoms with E-state index in [0.29, 0.717) is 38.2 Å². The van der Waals surface area contributed by atoms with Crippen molar-refractivity contribution in [3.8, 4) is 0 Å². The molecule has 0 bridgehead atoms. The molecule has 0 radical (unpaired) electrons. The molecule has 1 aromatic rings. The number of rotatable bonds is 6. The lowest BCUT2D eigenvalue weighted by Gasteiger charge is -2.27. The number of imide groups is 1. The molecule has 4 rings (SSSR count). The monoisotopic (exact) mass is 463 g/mol. The molecule has 0 aromatic heterocycles. The van der Waals surface area contributed by atoms with Gasteiger partial charge in [0.1, 0.15) is 0 Å². The first-order valence-corrected chi connectivity index (χ1v) is 12.7. The summed E-state index contributed by atoms with van der Waals surface area (Å²) < 4.78 is 33.0. The number of esters is 1. The van der Waals surface area contributed by atoms with E-state index in [4.69, 9.17) is 4.74 Å². The van der Waals surface area contributed by atoms with E-state index < -0.39 is 28.5 Å². The van der Waals surface area contributed by atoms with E-state index in [1.54, 1.807) is 12.1 Å². The molecule has 0 unspecified atom stereocenters. The van der Waals surface area contributed by atoms with E-state index in [9.17, 15) is 22.8 Å². The molecule has 0 atom stereocenters. The summed E-state index contributed by atoms with van der Waals surface area (Å²) in [5.41, 5.74) is 0.736. The smallest absolute Gasteiger partial charge is 0.340 e. The second-order valence-corrected chi connectivity index (χ2v) is 10.4. The van der Waals surface area contributed by atoms with Gasteiger partial charge in [-0.1, -0.05) is 6.42 Å². The van der Waals surface area contributed by atoms with Crippen molar-refractivity contribution in [2.75, 3.05) is 44.2 Å². The molecule has 2 amide bonds. The number of amides is 2. The standard InChI is InChI=1S/C22H29N3O6S/c26-20-7-6-14-25(20)21(27)16-31-22(28)18-15-17(8-9-19(18)23-10-4-5-11-23)32(29,30)24-12-2-1-3-13-24/h8-9,15H,1-7,10-14,16H2. The average Bonchev–Trinajstić information content (AvgIpc) is 3.49. The zero-order valence-electron chi connectivity index (χ0n) is 18.1. The van der Waals surface area contributed by atoms with Crippen LogP contribution in [-0.4, -0.2) is 74.7 Å². The van der Waals surface area contributed by atoms with Crippen LogP contribution in [0.2, 0.25) is 0 Å². The summed E-state index contributed by atoms with van der Waals surface area (Å²) in [4.78, 5) is 40.2. The number of piperidine rings is 1. The van der Waals surface area contributed by atoms with Gasteiger partial charge in [0.2, 0.25) is 15.9 Å². The maximum atomic E-state index is 13.1. The van der Waals surface area contributed by atoms with Crippen LogP contribution in [-0.2, 0) is 24.3 Å². The summed E-state index contributed by atoms with van der Waals surface area (Å²) in [6, 6.07) is 4.57. The summed E-state index contributed by atoms with van der Waals surface area (Å²) in [5, 5.41) is 0. The maximum Gasteiger partial charge on any atom is 0.340 e. The highest BCUT2D eigenvalue weighted by Gasteiger charge is 2.30. The number of anilines is 1. The SMILES string of the molecule is O=C(OCC(=O)N1CCCC1=O)c1cc(S(=O)(=O)N2CCCCC2)ccc1N1CCCC1. The quantitative estimate of drug-likeness (QED) is 0.592. The number of likely N-dealkylation sites (tertiary alicyclic amines) is 1. The van der Waals surface area contributed by atoms with Crippen molar-refractivity contribution in [1.29, 1.82) is 0 Å². The maximum absolute atomic E-state index is 13.1. The minimum Gasteiger partial charge on any atom is -0.452 e. The lowest BCUT2D eigenvalue weighted by molar-refractivity contribution is -0.143. The van der Waals surface area contributed by atoms with Crippen LogP contribution in [0, 0.1) is 0 Å². The Hall–Kier alpha value is -2.46. The molecular formula is C22H29N3O6S. The molecule has 9 nitrogen and oxygen atoms in total. The van der Waals surface area contributed by atoms with E-state index in [-0.39, 0.29) is 16.4 Å². The normalized spacial score (nSPS) is 20.1. The van der Waals surface area contributed by atoms with Crippen molar-refractivity contribution in [2.45, 2.75) is 49.8 Å². The molecular weight excluding hydrogens is 434 g/mol.